The molecule has 0 fully saturated rings. The minimum Gasteiger partial charge on any atom is -0.353 e. The van der Waals surface area contributed by atoms with Crippen molar-refractivity contribution in [2.24, 2.45) is 0 Å². The summed E-state index contributed by atoms with van der Waals surface area (Å²) in [5, 5.41) is 0.773. The number of pyridine rings is 1. The summed E-state index contributed by atoms with van der Waals surface area (Å²) in [7, 11) is 2.01. The van der Waals surface area contributed by atoms with Gasteiger partial charge in [0.2, 0.25) is 0 Å². The van der Waals surface area contributed by atoms with E-state index in [1.54, 1.807) is 6.20 Å². The van der Waals surface area contributed by atoms with Crippen LogP contribution < -0.4 is 4.90 Å². The number of hydrogen-bond donors (Lipinski definition) is 0. The molecule has 1 atom stereocenters. The van der Waals surface area contributed by atoms with Crippen molar-refractivity contribution in [1.29, 1.82) is 0 Å². The van der Waals surface area contributed by atoms with E-state index in [-0.39, 0.29) is 6.04 Å². The summed E-state index contributed by atoms with van der Waals surface area (Å²) in [4.78, 5) is 6.48. The van der Waals surface area contributed by atoms with Gasteiger partial charge in [-0.05, 0) is 36.2 Å². The fraction of sp³-hybridized carbons (Fsp3) is 0.267. The number of halogens is 2. The minimum absolute atomic E-state index is 0.145. The van der Waals surface area contributed by atoms with Crippen molar-refractivity contribution < 1.29 is 0 Å². The van der Waals surface area contributed by atoms with E-state index in [9.17, 15) is 0 Å². The SMILES string of the molecule is CC(c1ccccc1Cl)N(C)c1cc(CCl)ccn1. The van der Waals surface area contributed by atoms with Gasteiger partial charge in [-0.3, -0.25) is 0 Å². The van der Waals surface area contributed by atoms with Gasteiger partial charge in [0.05, 0.1) is 6.04 Å². The summed E-state index contributed by atoms with van der Waals surface area (Å²) in [5.74, 6) is 1.38. The number of nitrogens with zero attached hydrogens (tertiary/aromatic N) is 2. The third-order valence-electron chi connectivity index (χ3n) is 3.26. The molecule has 0 aliphatic carbocycles. The fourth-order valence-corrected chi connectivity index (χ4v) is 2.42. The predicted octanol–water partition coefficient (Wildman–Crippen LogP) is 4.67. The quantitative estimate of drug-likeness (QED) is 0.762. The number of anilines is 1. The highest BCUT2D eigenvalue weighted by Crippen LogP contribution is 2.29. The predicted molar refractivity (Wildman–Crippen MR) is 82.1 cm³/mol. The molecule has 0 N–H and O–H groups in total. The maximum Gasteiger partial charge on any atom is 0.129 e. The molecule has 1 aromatic carbocycles. The van der Waals surface area contributed by atoms with Crippen molar-refractivity contribution in [2.45, 2.75) is 18.8 Å². The molecule has 0 saturated carbocycles. The third-order valence-corrected chi connectivity index (χ3v) is 3.91. The van der Waals surface area contributed by atoms with Crippen LogP contribution in [0.5, 0.6) is 0 Å². The lowest BCUT2D eigenvalue weighted by molar-refractivity contribution is 0.728. The van der Waals surface area contributed by atoms with Crippen molar-refractivity contribution in [1.82, 2.24) is 4.98 Å². The Hall–Kier alpha value is -1.25. The molecule has 2 rings (SSSR count). The zero-order valence-corrected chi connectivity index (χ0v) is 12.5. The maximum atomic E-state index is 6.24. The Morgan fingerprint density at radius 3 is 2.68 bits per heavy atom. The first-order chi connectivity index (χ1) is 9.13. The summed E-state index contributed by atoms with van der Waals surface area (Å²) in [6.45, 7) is 2.11. The van der Waals surface area contributed by atoms with E-state index < -0.39 is 0 Å². The van der Waals surface area contributed by atoms with Gasteiger partial charge in [-0.15, -0.1) is 11.6 Å². The number of rotatable bonds is 4. The highest BCUT2D eigenvalue weighted by atomic mass is 35.5. The van der Waals surface area contributed by atoms with Crippen LogP contribution in [0.3, 0.4) is 0 Å². The molecule has 1 heterocycles. The lowest BCUT2D eigenvalue weighted by Crippen LogP contribution is -2.22. The summed E-state index contributed by atoms with van der Waals surface area (Å²) < 4.78 is 0. The first kappa shape index (κ1) is 14.2. The summed E-state index contributed by atoms with van der Waals surface area (Å²) in [6, 6.07) is 11.9. The topological polar surface area (TPSA) is 16.1 Å². The van der Waals surface area contributed by atoms with Gasteiger partial charge in [0.1, 0.15) is 5.82 Å². The maximum absolute atomic E-state index is 6.24. The van der Waals surface area contributed by atoms with Crippen LogP contribution in [0, 0.1) is 0 Å². The smallest absolute Gasteiger partial charge is 0.129 e. The second-order valence-corrected chi connectivity index (χ2v) is 5.14. The van der Waals surface area contributed by atoms with E-state index in [0.717, 1.165) is 22.0 Å². The molecule has 100 valence electrons. The van der Waals surface area contributed by atoms with Gasteiger partial charge in [0.25, 0.3) is 0 Å². The molecule has 2 aromatic rings. The Kier molecular flexibility index (Phi) is 4.67. The number of alkyl halides is 1. The Balaban J connectivity index is 2.28. The lowest BCUT2D eigenvalue weighted by Gasteiger charge is -2.27. The van der Waals surface area contributed by atoms with Gasteiger partial charge in [0, 0.05) is 24.1 Å². The fourth-order valence-electron chi connectivity index (χ4n) is 1.96. The highest BCUT2D eigenvalue weighted by molar-refractivity contribution is 6.31. The number of aromatic nitrogens is 1. The molecule has 0 bridgehead atoms. The normalized spacial score (nSPS) is 12.2. The Bertz CT molecular complexity index is 557. The zero-order valence-electron chi connectivity index (χ0n) is 11.0. The van der Waals surface area contributed by atoms with Crippen LogP contribution in [0.25, 0.3) is 0 Å². The van der Waals surface area contributed by atoms with E-state index in [0.29, 0.717) is 5.88 Å². The molecular weight excluding hydrogens is 279 g/mol. The van der Waals surface area contributed by atoms with Gasteiger partial charge < -0.3 is 4.90 Å². The van der Waals surface area contributed by atoms with E-state index in [1.165, 1.54) is 0 Å². The molecule has 0 aliphatic heterocycles. The van der Waals surface area contributed by atoms with Gasteiger partial charge >= 0.3 is 0 Å². The highest BCUT2D eigenvalue weighted by Gasteiger charge is 2.15. The average molecular weight is 295 g/mol. The van der Waals surface area contributed by atoms with Gasteiger partial charge in [-0.25, -0.2) is 4.98 Å². The lowest BCUT2D eigenvalue weighted by atomic mass is 10.1. The van der Waals surface area contributed by atoms with Crippen LogP contribution in [-0.4, -0.2) is 12.0 Å². The van der Waals surface area contributed by atoms with Crippen molar-refractivity contribution in [3.05, 3.63) is 58.7 Å². The van der Waals surface area contributed by atoms with E-state index in [1.807, 2.05) is 43.4 Å². The molecule has 4 heteroatoms. The molecule has 0 amide bonds. The van der Waals surface area contributed by atoms with Gasteiger partial charge in [-0.2, -0.15) is 0 Å². The van der Waals surface area contributed by atoms with Crippen LogP contribution >= 0.6 is 23.2 Å². The molecule has 2 nitrogen and oxygen atoms in total. The Labute approximate surface area is 124 Å². The Morgan fingerprint density at radius 1 is 1.26 bits per heavy atom. The molecule has 0 saturated heterocycles. The number of hydrogen-bond acceptors (Lipinski definition) is 2. The molecular formula is C15H16Cl2N2. The second-order valence-electron chi connectivity index (χ2n) is 4.46. The first-order valence-corrected chi connectivity index (χ1v) is 7.03. The molecule has 0 aliphatic rings. The van der Waals surface area contributed by atoms with Crippen molar-refractivity contribution >= 4 is 29.0 Å². The summed E-state index contributed by atoms with van der Waals surface area (Å²) in [6.07, 6.45) is 1.78. The molecule has 1 unspecified atom stereocenters. The molecule has 19 heavy (non-hydrogen) atoms. The van der Waals surface area contributed by atoms with E-state index in [2.05, 4.69) is 16.8 Å². The monoisotopic (exact) mass is 294 g/mol. The minimum atomic E-state index is 0.145. The summed E-state index contributed by atoms with van der Waals surface area (Å²) in [5.41, 5.74) is 2.15. The third kappa shape index (κ3) is 3.20. The zero-order chi connectivity index (χ0) is 13.8. The summed E-state index contributed by atoms with van der Waals surface area (Å²) >= 11 is 12.1. The van der Waals surface area contributed by atoms with Crippen molar-refractivity contribution in [3.8, 4) is 0 Å². The van der Waals surface area contributed by atoms with Crippen LogP contribution in [0.15, 0.2) is 42.6 Å². The van der Waals surface area contributed by atoms with Crippen molar-refractivity contribution in [2.75, 3.05) is 11.9 Å². The Morgan fingerprint density at radius 2 is 2.00 bits per heavy atom. The second kappa shape index (κ2) is 6.27. The van der Waals surface area contributed by atoms with Crippen LogP contribution in [0.4, 0.5) is 5.82 Å². The average Bonchev–Trinajstić information content (AvgIpc) is 2.46. The standard InChI is InChI=1S/C15H16Cl2N2/c1-11(13-5-3-4-6-14(13)17)19(2)15-9-12(10-16)7-8-18-15/h3-9,11H,10H2,1-2H3. The molecule has 0 radical (unpaired) electrons. The van der Waals surface area contributed by atoms with Crippen LogP contribution in [0.1, 0.15) is 24.1 Å². The van der Waals surface area contributed by atoms with Crippen LogP contribution in [-0.2, 0) is 5.88 Å². The van der Waals surface area contributed by atoms with Crippen LogP contribution in [0.2, 0.25) is 5.02 Å². The first-order valence-electron chi connectivity index (χ1n) is 6.11. The van der Waals surface area contributed by atoms with Gasteiger partial charge in [0.15, 0.2) is 0 Å². The number of benzene rings is 1. The van der Waals surface area contributed by atoms with Crippen molar-refractivity contribution in [3.63, 3.8) is 0 Å². The van der Waals surface area contributed by atoms with Gasteiger partial charge in [-0.1, -0.05) is 29.8 Å². The molecule has 0 spiro atoms. The molecule has 1 aromatic heterocycles. The van der Waals surface area contributed by atoms with E-state index in [4.69, 9.17) is 23.2 Å². The largest absolute Gasteiger partial charge is 0.353 e. The van der Waals surface area contributed by atoms with E-state index >= 15 is 0 Å².